The van der Waals surface area contributed by atoms with Gasteiger partial charge in [0.15, 0.2) is 0 Å². The molecule has 2 heteroatoms. The van der Waals surface area contributed by atoms with E-state index < -0.39 is 0 Å². The van der Waals surface area contributed by atoms with E-state index in [1.807, 2.05) is 0 Å². The highest BCUT2D eigenvalue weighted by Crippen LogP contribution is 2.44. The van der Waals surface area contributed by atoms with Crippen molar-refractivity contribution >= 4 is 17.0 Å². The summed E-state index contributed by atoms with van der Waals surface area (Å²) in [7, 11) is 0. The summed E-state index contributed by atoms with van der Waals surface area (Å²) in [5, 5.41) is 0. The number of nitrogens with zero attached hydrogens (tertiary/aromatic N) is 1. The molecule has 0 bridgehead atoms. The normalized spacial score (nSPS) is 29.9. The molecule has 1 nitrogen and oxygen atoms in total. The van der Waals surface area contributed by atoms with E-state index in [-0.39, 0.29) is 17.0 Å². The Bertz CT molecular complexity index is 428. The van der Waals surface area contributed by atoms with Crippen molar-refractivity contribution in [2.45, 2.75) is 51.4 Å². The molecule has 1 saturated carbocycles. The van der Waals surface area contributed by atoms with Crippen molar-refractivity contribution in [2.75, 3.05) is 19.6 Å². The topological polar surface area (TPSA) is 3.24 Å². The quantitative estimate of drug-likeness (QED) is 0.716. The molecular formula is C19H30BrN. The van der Waals surface area contributed by atoms with Crippen LogP contribution in [-0.4, -0.2) is 24.5 Å². The second kappa shape index (κ2) is 7.28. The molecule has 1 aliphatic heterocycles. The second-order valence-corrected chi connectivity index (χ2v) is 7.13. The fraction of sp³-hybridized carbons (Fsp3) is 0.684. The van der Waals surface area contributed by atoms with Crippen LogP contribution in [0, 0.1) is 11.8 Å². The summed E-state index contributed by atoms with van der Waals surface area (Å²) in [6.45, 7) is 8.79. The number of hydrogen-bond donors (Lipinski definition) is 0. The maximum absolute atomic E-state index is 2.74. The molecular weight excluding hydrogens is 322 g/mol. The van der Waals surface area contributed by atoms with Crippen LogP contribution in [0.4, 0.5) is 0 Å². The molecule has 0 radical (unpaired) electrons. The SMILES string of the molecule is Br.CCCC1(c2ccccc2)CCN(CC2CC2)CC1C. The lowest BCUT2D eigenvalue weighted by Crippen LogP contribution is -2.49. The third-order valence-corrected chi connectivity index (χ3v) is 5.61. The summed E-state index contributed by atoms with van der Waals surface area (Å²) in [6.07, 6.45) is 6.93. The first-order valence-corrected chi connectivity index (χ1v) is 8.52. The minimum Gasteiger partial charge on any atom is -0.303 e. The van der Waals surface area contributed by atoms with Gasteiger partial charge in [0.1, 0.15) is 0 Å². The molecule has 2 unspecified atom stereocenters. The maximum Gasteiger partial charge on any atom is 0.00157 e. The number of hydrogen-bond acceptors (Lipinski definition) is 1. The van der Waals surface area contributed by atoms with Crippen molar-refractivity contribution in [2.24, 2.45) is 11.8 Å². The van der Waals surface area contributed by atoms with Gasteiger partial charge in [-0.25, -0.2) is 0 Å². The van der Waals surface area contributed by atoms with Crippen molar-refractivity contribution < 1.29 is 0 Å². The largest absolute Gasteiger partial charge is 0.303 e. The Labute approximate surface area is 140 Å². The Morgan fingerprint density at radius 1 is 1.19 bits per heavy atom. The van der Waals surface area contributed by atoms with Crippen LogP contribution in [0.25, 0.3) is 0 Å². The molecule has 118 valence electrons. The molecule has 3 rings (SSSR count). The van der Waals surface area contributed by atoms with E-state index in [1.54, 1.807) is 5.56 Å². The van der Waals surface area contributed by atoms with Crippen LogP contribution in [0.15, 0.2) is 30.3 Å². The van der Waals surface area contributed by atoms with Gasteiger partial charge in [-0.1, -0.05) is 50.6 Å². The molecule has 1 aromatic carbocycles. The van der Waals surface area contributed by atoms with Crippen LogP contribution in [0.5, 0.6) is 0 Å². The van der Waals surface area contributed by atoms with Crippen LogP contribution in [-0.2, 0) is 5.41 Å². The number of rotatable bonds is 5. The molecule has 0 aromatic heterocycles. The fourth-order valence-corrected chi connectivity index (χ4v) is 4.25. The Kier molecular flexibility index (Phi) is 5.90. The molecule has 0 N–H and O–H groups in total. The lowest BCUT2D eigenvalue weighted by atomic mass is 9.64. The molecule has 2 atom stereocenters. The van der Waals surface area contributed by atoms with E-state index in [0.717, 1.165) is 11.8 Å². The van der Waals surface area contributed by atoms with Crippen LogP contribution in [0.3, 0.4) is 0 Å². The predicted octanol–water partition coefficient (Wildman–Crippen LogP) is 5.05. The molecule has 2 fully saturated rings. The zero-order valence-corrected chi connectivity index (χ0v) is 15.3. The Morgan fingerprint density at radius 3 is 2.48 bits per heavy atom. The Morgan fingerprint density at radius 2 is 1.90 bits per heavy atom. The molecule has 1 saturated heterocycles. The summed E-state index contributed by atoms with van der Waals surface area (Å²) >= 11 is 0. The fourth-order valence-electron chi connectivity index (χ4n) is 4.25. The van der Waals surface area contributed by atoms with E-state index in [0.29, 0.717) is 5.41 Å². The lowest BCUT2D eigenvalue weighted by molar-refractivity contribution is 0.0895. The number of halogens is 1. The van der Waals surface area contributed by atoms with Gasteiger partial charge >= 0.3 is 0 Å². The van der Waals surface area contributed by atoms with Crippen LogP contribution in [0.2, 0.25) is 0 Å². The first-order valence-electron chi connectivity index (χ1n) is 8.52. The molecule has 0 amide bonds. The van der Waals surface area contributed by atoms with E-state index >= 15 is 0 Å². The van der Waals surface area contributed by atoms with Gasteiger partial charge < -0.3 is 4.90 Å². The molecule has 1 aliphatic carbocycles. The summed E-state index contributed by atoms with van der Waals surface area (Å²) in [4.78, 5) is 2.74. The number of likely N-dealkylation sites (tertiary alicyclic amines) is 1. The number of piperidine rings is 1. The zero-order chi connectivity index (χ0) is 14.0. The van der Waals surface area contributed by atoms with Gasteiger partial charge in [0.05, 0.1) is 0 Å². The lowest BCUT2D eigenvalue weighted by Gasteiger charge is -2.47. The molecule has 2 aliphatic rings. The third-order valence-electron chi connectivity index (χ3n) is 5.61. The first kappa shape index (κ1) is 17.0. The standard InChI is InChI=1S/C19H29N.BrH/c1-3-11-19(18-7-5-4-6-8-18)12-13-20(14-16(19)2)15-17-9-10-17;/h4-8,16-17H,3,9-15H2,1-2H3;1H. The van der Waals surface area contributed by atoms with E-state index in [4.69, 9.17) is 0 Å². The molecule has 0 spiro atoms. The summed E-state index contributed by atoms with van der Waals surface area (Å²) in [6, 6.07) is 11.3. The smallest absolute Gasteiger partial charge is 0.00157 e. The highest BCUT2D eigenvalue weighted by atomic mass is 79.9. The Balaban J connectivity index is 0.00000161. The van der Waals surface area contributed by atoms with Gasteiger partial charge in [-0.05, 0) is 49.6 Å². The van der Waals surface area contributed by atoms with E-state index in [1.165, 1.54) is 51.7 Å². The van der Waals surface area contributed by atoms with Crippen molar-refractivity contribution in [3.63, 3.8) is 0 Å². The maximum atomic E-state index is 2.74. The van der Waals surface area contributed by atoms with Crippen molar-refractivity contribution in [3.8, 4) is 0 Å². The summed E-state index contributed by atoms with van der Waals surface area (Å²) in [5.41, 5.74) is 2.01. The van der Waals surface area contributed by atoms with Crippen molar-refractivity contribution in [1.29, 1.82) is 0 Å². The van der Waals surface area contributed by atoms with Gasteiger partial charge in [-0.2, -0.15) is 0 Å². The molecule has 1 aromatic rings. The minimum absolute atomic E-state index is 0. The average molecular weight is 352 g/mol. The summed E-state index contributed by atoms with van der Waals surface area (Å²) in [5.74, 6) is 1.80. The van der Waals surface area contributed by atoms with Gasteiger partial charge in [-0.15, -0.1) is 17.0 Å². The minimum atomic E-state index is 0. The predicted molar refractivity (Wildman–Crippen MR) is 96.3 cm³/mol. The third kappa shape index (κ3) is 3.71. The Hall–Kier alpha value is -0.340. The van der Waals surface area contributed by atoms with Gasteiger partial charge in [0, 0.05) is 18.5 Å². The van der Waals surface area contributed by atoms with E-state index in [2.05, 4.69) is 49.1 Å². The van der Waals surface area contributed by atoms with Gasteiger partial charge in [0.2, 0.25) is 0 Å². The van der Waals surface area contributed by atoms with Crippen LogP contribution in [0.1, 0.15) is 51.5 Å². The molecule has 1 heterocycles. The highest BCUT2D eigenvalue weighted by Gasteiger charge is 2.41. The average Bonchev–Trinajstić information content (AvgIpc) is 3.27. The summed E-state index contributed by atoms with van der Waals surface area (Å²) < 4.78 is 0. The molecule has 21 heavy (non-hydrogen) atoms. The number of benzene rings is 1. The van der Waals surface area contributed by atoms with E-state index in [9.17, 15) is 0 Å². The highest BCUT2D eigenvalue weighted by molar-refractivity contribution is 8.93. The van der Waals surface area contributed by atoms with Gasteiger partial charge in [-0.3, -0.25) is 0 Å². The van der Waals surface area contributed by atoms with Crippen molar-refractivity contribution in [3.05, 3.63) is 35.9 Å². The van der Waals surface area contributed by atoms with Crippen molar-refractivity contribution in [1.82, 2.24) is 4.90 Å². The van der Waals surface area contributed by atoms with Crippen LogP contribution >= 0.6 is 17.0 Å². The monoisotopic (exact) mass is 351 g/mol. The zero-order valence-electron chi connectivity index (χ0n) is 13.6. The first-order chi connectivity index (χ1) is 9.74. The van der Waals surface area contributed by atoms with Crippen LogP contribution < -0.4 is 0 Å². The second-order valence-electron chi connectivity index (χ2n) is 7.13. The van der Waals surface area contributed by atoms with Gasteiger partial charge in [0.25, 0.3) is 0 Å².